The molecule has 1 nitrogen and oxygen atoms in total. The Kier molecular flexibility index (Phi) is 6.06. The van der Waals surface area contributed by atoms with E-state index in [9.17, 15) is 5.11 Å². The monoisotopic (exact) mass is 262 g/mol. The topological polar surface area (TPSA) is 20.2 Å². The van der Waals surface area contributed by atoms with Crippen LogP contribution < -0.4 is 0 Å². The smallest absolute Gasteiger partial charge is 0.0818 e. The summed E-state index contributed by atoms with van der Waals surface area (Å²) in [6.45, 7) is 13.2. The highest BCUT2D eigenvalue weighted by Gasteiger charge is 2.20. The van der Waals surface area contributed by atoms with Crippen molar-refractivity contribution in [2.24, 2.45) is 5.92 Å². The SMILES string of the molecule is CCCC(C)C(O)c1ccc(C(C)C)cc1C(C)C. The summed E-state index contributed by atoms with van der Waals surface area (Å²) in [5.74, 6) is 1.32. The Morgan fingerprint density at radius 1 is 0.947 bits per heavy atom. The van der Waals surface area contributed by atoms with Gasteiger partial charge in [-0.05, 0) is 40.9 Å². The number of aliphatic hydroxyl groups is 1. The zero-order valence-electron chi connectivity index (χ0n) is 13.4. The summed E-state index contributed by atoms with van der Waals surface area (Å²) in [5, 5.41) is 10.6. The van der Waals surface area contributed by atoms with Crippen LogP contribution in [0.5, 0.6) is 0 Å². The molecule has 2 atom stereocenters. The van der Waals surface area contributed by atoms with Crippen LogP contribution in [0.1, 0.15) is 89.0 Å². The van der Waals surface area contributed by atoms with Gasteiger partial charge in [-0.15, -0.1) is 0 Å². The molecule has 0 spiro atoms. The molecule has 1 rings (SSSR count). The first-order valence-electron chi connectivity index (χ1n) is 7.70. The Labute approximate surface area is 119 Å². The molecular weight excluding hydrogens is 232 g/mol. The van der Waals surface area contributed by atoms with Gasteiger partial charge in [-0.1, -0.05) is 66.2 Å². The third-order valence-electron chi connectivity index (χ3n) is 4.00. The summed E-state index contributed by atoms with van der Waals surface area (Å²) in [4.78, 5) is 0. The maximum Gasteiger partial charge on any atom is 0.0818 e. The van der Waals surface area contributed by atoms with Crippen molar-refractivity contribution in [1.82, 2.24) is 0 Å². The summed E-state index contributed by atoms with van der Waals surface area (Å²) < 4.78 is 0. The molecule has 0 saturated heterocycles. The minimum Gasteiger partial charge on any atom is -0.388 e. The first kappa shape index (κ1) is 16.2. The van der Waals surface area contributed by atoms with E-state index in [1.54, 1.807) is 0 Å². The van der Waals surface area contributed by atoms with Gasteiger partial charge in [-0.2, -0.15) is 0 Å². The van der Waals surface area contributed by atoms with Crippen LogP contribution in [0.25, 0.3) is 0 Å². The predicted molar refractivity (Wildman–Crippen MR) is 83.7 cm³/mol. The molecule has 0 bridgehead atoms. The van der Waals surface area contributed by atoms with E-state index >= 15 is 0 Å². The van der Waals surface area contributed by atoms with Crippen LogP contribution in [-0.4, -0.2) is 5.11 Å². The number of benzene rings is 1. The minimum atomic E-state index is -0.335. The Morgan fingerprint density at radius 3 is 2.05 bits per heavy atom. The highest BCUT2D eigenvalue weighted by atomic mass is 16.3. The van der Waals surface area contributed by atoms with Crippen molar-refractivity contribution in [2.75, 3.05) is 0 Å². The van der Waals surface area contributed by atoms with Crippen LogP contribution in [0.3, 0.4) is 0 Å². The molecule has 0 radical (unpaired) electrons. The first-order chi connectivity index (χ1) is 8.88. The van der Waals surface area contributed by atoms with Crippen molar-refractivity contribution in [3.8, 4) is 0 Å². The molecule has 0 aliphatic heterocycles. The van der Waals surface area contributed by atoms with Crippen molar-refractivity contribution in [3.05, 3.63) is 34.9 Å². The zero-order chi connectivity index (χ0) is 14.6. The molecule has 1 heteroatoms. The maximum absolute atomic E-state index is 10.6. The lowest BCUT2D eigenvalue weighted by atomic mass is 9.85. The third kappa shape index (κ3) is 4.07. The van der Waals surface area contributed by atoms with Gasteiger partial charge < -0.3 is 5.11 Å². The van der Waals surface area contributed by atoms with Crippen LogP contribution in [0.4, 0.5) is 0 Å². The molecule has 2 unspecified atom stereocenters. The van der Waals surface area contributed by atoms with Crippen molar-refractivity contribution in [3.63, 3.8) is 0 Å². The highest BCUT2D eigenvalue weighted by molar-refractivity contribution is 5.37. The van der Waals surface area contributed by atoms with E-state index in [0.29, 0.717) is 17.8 Å². The number of hydrogen-bond acceptors (Lipinski definition) is 1. The molecule has 108 valence electrons. The lowest BCUT2D eigenvalue weighted by molar-refractivity contribution is 0.111. The zero-order valence-corrected chi connectivity index (χ0v) is 13.4. The van der Waals surface area contributed by atoms with Crippen molar-refractivity contribution in [2.45, 2.75) is 72.3 Å². The van der Waals surface area contributed by atoms with E-state index in [2.05, 4.69) is 59.7 Å². The van der Waals surface area contributed by atoms with Crippen molar-refractivity contribution >= 4 is 0 Å². The molecule has 1 aromatic rings. The Morgan fingerprint density at radius 2 is 1.58 bits per heavy atom. The average Bonchev–Trinajstić information content (AvgIpc) is 2.37. The fourth-order valence-electron chi connectivity index (χ4n) is 2.64. The summed E-state index contributed by atoms with van der Waals surface area (Å²) in [7, 11) is 0. The first-order valence-corrected chi connectivity index (χ1v) is 7.70. The third-order valence-corrected chi connectivity index (χ3v) is 4.00. The van der Waals surface area contributed by atoms with Crippen LogP contribution in [0.2, 0.25) is 0 Å². The number of aliphatic hydroxyl groups excluding tert-OH is 1. The predicted octanol–water partition coefficient (Wildman–Crippen LogP) is 5.40. The Hall–Kier alpha value is -0.820. The molecule has 1 aromatic carbocycles. The van der Waals surface area contributed by atoms with E-state index in [1.807, 2.05) is 0 Å². The van der Waals surface area contributed by atoms with Gasteiger partial charge in [0, 0.05) is 0 Å². The van der Waals surface area contributed by atoms with Crippen LogP contribution in [0.15, 0.2) is 18.2 Å². The van der Waals surface area contributed by atoms with Gasteiger partial charge in [0.1, 0.15) is 0 Å². The molecular formula is C18H30O. The largest absolute Gasteiger partial charge is 0.388 e. The highest BCUT2D eigenvalue weighted by Crippen LogP contribution is 2.33. The molecule has 0 aliphatic rings. The van der Waals surface area contributed by atoms with E-state index in [4.69, 9.17) is 0 Å². The quantitative estimate of drug-likeness (QED) is 0.727. The number of hydrogen-bond donors (Lipinski definition) is 1. The van der Waals surface area contributed by atoms with Gasteiger partial charge >= 0.3 is 0 Å². The van der Waals surface area contributed by atoms with Gasteiger partial charge in [-0.25, -0.2) is 0 Å². The molecule has 1 N–H and O–H groups in total. The fourth-order valence-corrected chi connectivity index (χ4v) is 2.64. The van der Waals surface area contributed by atoms with Crippen LogP contribution in [0, 0.1) is 5.92 Å². The second kappa shape index (κ2) is 7.09. The molecule has 0 aromatic heterocycles. The summed E-state index contributed by atoms with van der Waals surface area (Å²) in [5.41, 5.74) is 3.80. The second-order valence-electron chi connectivity index (χ2n) is 6.41. The second-order valence-corrected chi connectivity index (χ2v) is 6.41. The molecule has 0 saturated carbocycles. The normalized spacial score (nSPS) is 15.0. The standard InChI is InChI=1S/C18H30O/c1-7-8-14(6)18(19)16-10-9-15(12(2)3)11-17(16)13(4)5/h9-14,18-19H,7-8H2,1-6H3. The van der Waals surface area contributed by atoms with E-state index in [0.717, 1.165) is 18.4 Å². The minimum absolute atomic E-state index is 0.326. The molecule has 0 heterocycles. The van der Waals surface area contributed by atoms with Gasteiger partial charge in [0.25, 0.3) is 0 Å². The van der Waals surface area contributed by atoms with Crippen molar-refractivity contribution in [1.29, 1.82) is 0 Å². The summed E-state index contributed by atoms with van der Waals surface area (Å²) in [6.07, 6.45) is 1.86. The van der Waals surface area contributed by atoms with Gasteiger partial charge in [0.15, 0.2) is 0 Å². The lowest BCUT2D eigenvalue weighted by Gasteiger charge is -2.24. The summed E-state index contributed by atoms with van der Waals surface area (Å²) >= 11 is 0. The van der Waals surface area contributed by atoms with Crippen LogP contribution in [-0.2, 0) is 0 Å². The molecule has 0 aliphatic carbocycles. The molecule has 19 heavy (non-hydrogen) atoms. The maximum atomic E-state index is 10.6. The lowest BCUT2D eigenvalue weighted by Crippen LogP contribution is -2.12. The van der Waals surface area contributed by atoms with E-state index in [1.165, 1.54) is 11.1 Å². The summed E-state index contributed by atoms with van der Waals surface area (Å²) in [6, 6.07) is 6.60. The number of rotatable bonds is 6. The van der Waals surface area contributed by atoms with Gasteiger partial charge in [0.05, 0.1) is 6.10 Å². The van der Waals surface area contributed by atoms with E-state index in [-0.39, 0.29) is 6.10 Å². The molecule has 0 fully saturated rings. The van der Waals surface area contributed by atoms with Gasteiger partial charge in [-0.3, -0.25) is 0 Å². The Bertz CT molecular complexity index is 393. The van der Waals surface area contributed by atoms with Gasteiger partial charge in [0.2, 0.25) is 0 Å². The Balaban J connectivity index is 3.12. The van der Waals surface area contributed by atoms with Crippen LogP contribution >= 0.6 is 0 Å². The van der Waals surface area contributed by atoms with Crippen molar-refractivity contribution < 1.29 is 5.11 Å². The molecule has 0 amide bonds. The average molecular weight is 262 g/mol. The van der Waals surface area contributed by atoms with E-state index < -0.39 is 0 Å². The fraction of sp³-hybridized carbons (Fsp3) is 0.667.